The van der Waals surface area contributed by atoms with E-state index in [4.69, 9.17) is 0 Å². The summed E-state index contributed by atoms with van der Waals surface area (Å²) in [6, 6.07) is 20.5. The maximum atomic E-state index is 12.6. The van der Waals surface area contributed by atoms with E-state index in [2.05, 4.69) is 5.32 Å². The molecule has 0 aliphatic carbocycles. The van der Waals surface area contributed by atoms with Crippen molar-refractivity contribution >= 4 is 23.3 Å². The van der Waals surface area contributed by atoms with Crippen LogP contribution in [0.4, 0.5) is 5.69 Å². The Hall–Kier alpha value is -3.73. The number of hydrogen-bond acceptors (Lipinski definition) is 3. The van der Waals surface area contributed by atoms with Gasteiger partial charge in [-0.05, 0) is 42.3 Å². The molecular formula is C22H17NO4. The summed E-state index contributed by atoms with van der Waals surface area (Å²) in [5, 5.41) is 12.1. The van der Waals surface area contributed by atoms with Crippen LogP contribution in [0.5, 0.6) is 0 Å². The molecule has 3 aromatic carbocycles. The first-order valence-electron chi connectivity index (χ1n) is 8.31. The van der Waals surface area contributed by atoms with Gasteiger partial charge in [-0.25, -0.2) is 4.79 Å². The zero-order valence-electron chi connectivity index (χ0n) is 14.6. The van der Waals surface area contributed by atoms with Gasteiger partial charge in [0.15, 0.2) is 5.78 Å². The normalized spacial score (nSPS) is 10.3. The standard InChI is InChI=1S/C22H17NO4/c1-14(24)16-8-5-9-18(12-16)21(25)23-20-13-17(10-11-19(20)22(26)27)15-6-3-2-4-7-15/h2-13H,1H3,(H,23,25)(H,26,27). The summed E-state index contributed by atoms with van der Waals surface area (Å²) in [6.07, 6.45) is 0. The van der Waals surface area contributed by atoms with Gasteiger partial charge < -0.3 is 10.4 Å². The van der Waals surface area contributed by atoms with Crippen molar-refractivity contribution < 1.29 is 19.5 Å². The van der Waals surface area contributed by atoms with Gasteiger partial charge in [0.05, 0.1) is 11.3 Å². The molecule has 3 aromatic rings. The van der Waals surface area contributed by atoms with Crippen LogP contribution >= 0.6 is 0 Å². The highest BCUT2D eigenvalue weighted by Gasteiger charge is 2.15. The Labute approximate surface area is 156 Å². The second-order valence-corrected chi connectivity index (χ2v) is 6.02. The number of carboxylic acid groups (broad SMARTS) is 1. The fraction of sp³-hybridized carbons (Fsp3) is 0.0455. The molecule has 134 valence electrons. The molecule has 0 spiro atoms. The lowest BCUT2D eigenvalue weighted by molar-refractivity contribution is 0.0698. The summed E-state index contributed by atoms with van der Waals surface area (Å²) in [5.74, 6) is -1.77. The Morgan fingerprint density at radius 1 is 0.778 bits per heavy atom. The van der Waals surface area contributed by atoms with E-state index >= 15 is 0 Å². The minimum atomic E-state index is -1.14. The lowest BCUT2D eigenvalue weighted by Crippen LogP contribution is -2.15. The second kappa shape index (κ2) is 7.66. The van der Waals surface area contributed by atoms with Crippen LogP contribution in [0.2, 0.25) is 0 Å². The fourth-order valence-corrected chi connectivity index (χ4v) is 2.72. The summed E-state index contributed by atoms with van der Waals surface area (Å²) >= 11 is 0. The van der Waals surface area contributed by atoms with Crippen molar-refractivity contribution in [1.82, 2.24) is 0 Å². The zero-order valence-corrected chi connectivity index (χ0v) is 14.6. The highest BCUT2D eigenvalue weighted by Crippen LogP contribution is 2.26. The van der Waals surface area contributed by atoms with Gasteiger partial charge in [-0.3, -0.25) is 9.59 Å². The number of rotatable bonds is 5. The summed E-state index contributed by atoms with van der Waals surface area (Å²) in [5.41, 5.74) is 2.58. The lowest BCUT2D eigenvalue weighted by Gasteiger charge is -2.11. The molecule has 3 rings (SSSR count). The molecule has 0 radical (unpaired) electrons. The minimum Gasteiger partial charge on any atom is -0.478 e. The molecule has 2 N–H and O–H groups in total. The first kappa shape index (κ1) is 18.1. The average molecular weight is 359 g/mol. The summed E-state index contributed by atoms with van der Waals surface area (Å²) in [7, 11) is 0. The highest BCUT2D eigenvalue weighted by atomic mass is 16.4. The van der Waals surface area contributed by atoms with Gasteiger partial charge in [0.25, 0.3) is 5.91 Å². The van der Waals surface area contributed by atoms with Crippen LogP contribution in [0.15, 0.2) is 72.8 Å². The third kappa shape index (κ3) is 4.10. The van der Waals surface area contributed by atoms with Crippen molar-refractivity contribution in [3.63, 3.8) is 0 Å². The monoisotopic (exact) mass is 359 g/mol. The number of nitrogens with one attached hydrogen (secondary N) is 1. The molecule has 0 aromatic heterocycles. The van der Waals surface area contributed by atoms with E-state index in [0.717, 1.165) is 11.1 Å². The molecule has 5 nitrogen and oxygen atoms in total. The molecule has 0 aliphatic heterocycles. The van der Waals surface area contributed by atoms with Crippen molar-refractivity contribution in [2.24, 2.45) is 0 Å². The Morgan fingerprint density at radius 2 is 1.48 bits per heavy atom. The van der Waals surface area contributed by atoms with E-state index in [1.165, 1.54) is 19.1 Å². The number of amides is 1. The van der Waals surface area contributed by atoms with Gasteiger partial charge in [-0.2, -0.15) is 0 Å². The largest absolute Gasteiger partial charge is 0.478 e. The molecule has 0 bridgehead atoms. The number of carbonyl (C=O) groups is 3. The van der Waals surface area contributed by atoms with E-state index in [1.807, 2.05) is 30.3 Å². The molecule has 0 atom stereocenters. The van der Waals surface area contributed by atoms with Crippen LogP contribution in [0, 0.1) is 0 Å². The third-order valence-corrected chi connectivity index (χ3v) is 4.14. The number of hydrogen-bond donors (Lipinski definition) is 2. The summed E-state index contributed by atoms with van der Waals surface area (Å²) in [4.78, 5) is 35.6. The van der Waals surface area contributed by atoms with Crippen LogP contribution in [-0.4, -0.2) is 22.8 Å². The highest BCUT2D eigenvalue weighted by molar-refractivity contribution is 6.09. The number of aromatic carboxylic acids is 1. The topological polar surface area (TPSA) is 83.5 Å². The molecule has 5 heteroatoms. The van der Waals surface area contributed by atoms with E-state index in [1.54, 1.807) is 30.3 Å². The number of carbonyl (C=O) groups excluding carboxylic acids is 2. The number of carboxylic acids is 1. The van der Waals surface area contributed by atoms with E-state index in [9.17, 15) is 19.5 Å². The SMILES string of the molecule is CC(=O)c1cccc(C(=O)Nc2cc(-c3ccccc3)ccc2C(=O)O)c1. The molecule has 0 aliphatic rings. The molecule has 27 heavy (non-hydrogen) atoms. The van der Waals surface area contributed by atoms with Crippen LogP contribution in [0.3, 0.4) is 0 Å². The van der Waals surface area contributed by atoms with Gasteiger partial charge >= 0.3 is 5.97 Å². The quantitative estimate of drug-likeness (QED) is 0.657. The number of ketones is 1. The van der Waals surface area contributed by atoms with Gasteiger partial charge in [0.2, 0.25) is 0 Å². The van der Waals surface area contributed by atoms with Crippen molar-refractivity contribution in [1.29, 1.82) is 0 Å². The molecule has 0 saturated carbocycles. The predicted molar refractivity (Wildman–Crippen MR) is 103 cm³/mol. The number of benzene rings is 3. The Kier molecular flexibility index (Phi) is 5.13. The zero-order chi connectivity index (χ0) is 19.4. The lowest BCUT2D eigenvalue weighted by atomic mass is 10.0. The Morgan fingerprint density at radius 3 is 2.15 bits per heavy atom. The number of Topliss-reactive ketones (excluding diaryl/α,β-unsaturated/α-hetero) is 1. The molecule has 0 fully saturated rings. The maximum Gasteiger partial charge on any atom is 0.337 e. The van der Waals surface area contributed by atoms with Crippen molar-refractivity contribution in [2.75, 3.05) is 5.32 Å². The average Bonchev–Trinajstić information content (AvgIpc) is 2.68. The first-order chi connectivity index (χ1) is 13.0. The molecule has 0 heterocycles. The van der Waals surface area contributed by atoms with Crippen molar-refractivity contribution in [3.8, 4) is 11.1 Å². The van der Waals surface area contributed by atoms with Gasteiger partial charge in [-0.15, -0.1) is 0 Å². The fourth-order valence-electron chi connectivity index (χ4n) is 2.72. The van der Waals surface area contributed by atoms with E-state index in [-0.39, 0.29) is 22.6 Å². The first-order valence-corrected chi connectivity index (χ1v) is 8.31. The minimum absolute atomic E-state index is 0.00856. The third-order valence-electron chi connectivity index (χ3n) is 4.14. The molecule has 1 amide bonds. The Bertz CT molecular complexity index is 1030. The van der Waals surface area contributed by atoms with Crippen molar-refractivity contribution in [2.45, 2.75) is 6.92 Å². The van der Waals surface area contributed by atoms with Gasteiger partial charge in [0, 0.05) is 11.1 Å². The van der Waals surface area contributed by atoms with Crippen LogP contribution < -0.4 is 5.32 Å². The van der Waals surface area contributed by atoms with Crippen LogP contribution in [0.1, 0.15) is 38.0 Å². The number of anilines is 1. The maximum absolute atomic E-state index is 12.6. The van der Waals surface area contributed by atoms with Crippen LogP contribution in [-0.2, 0) is 0 Å². The molecule has 0 unspecified atom stereocenters. The Balaban J connectivity index is 1.97. The van der Waals surface area contributed by atoms with Gasteiger partial charge in [0.1, 0.15) is 0 Å². The smallest absolute Gasteiger partial charge is 0.337 e. The van der Waals surface area contributed by atoms with Gasteiger partial charge in [-0.1, -0.05) is 48.5 Å². The van der Waals surface area contributed by atoms with E-state index < -0.39 is 11.9 Å². The summed E-state index contributed by atoms with van der Waals surface area (Å²) < 4.78 is 0. The molecule has 0 saturated heterocycles. The second-order valence-electron chi connectivity index (χ2n) is 6.02. The molecular weight excluding hydrogens is 342 g/mol. The predicted octanol–water partition coefficient (Wildman–Crippen LogP) is 4.51. The summed E-state index contributed by atoms with van der Waals surface area (Å²) in [6.45, 7) is 1.42. The van der Waals surface area contributed by atoms with Crippen molar-refractivity contribution in [3.05, 3.63) is 89.5 Å². The van der Waals surface area contributed by atoms with Crippen LogP contribution in [0.25, 0.3) is 11.1 Å². The van der Waals surface area contributed by atoms with E-state index in [0.29, 0.717) is 5.56 Å².